The molecule has 0 bridgehead atoms. The fourth-order valence-electron chi connectivity index (χ4n) is 2.71. The van der Waals surface area contributed by atoms with Crippen molar-refractivity contribution >= 4 is 11.6 Å². The summed E-state index contributed by atoms with van der Waals surface area (Å²) in [7, 11) is 1.59. The van der Waals surface area contributed by atoms with Crippen LogP contribution in [0, 0.1) is 0 Å². The summed E-state index contributed by atoms with van der Waals surface area (Å²) in [6.07, 6.45) is 7.75. The summed E-state index contributed by atoms with van der Waals surface area (Å²) >= 11 is 0. The number of pyridine rings is 1. The molecule has 0 amide bonds. The van der Waals surface area contributed by atoms with Crippen LogP contribution in [-0.4, -0.2) is 32.0 Å². The average Bonchev–Trinajstić information content (AvgIpc) is 3.22. The Hall–Kier alpha value is -3.74. The zero-order chi connectivity index (χ0) is 18.5. The van der Waals surface area contributed by atoms with Crippen LogP contribution in [0.25, 0.3) is 11.3 Å². The van der Waals surface area contributed by atoms with Crippen molar-refractivity contribution in [2.75, 3.05) is 12.4 Å². The van der Waals surface area contributed by atoms with E-state index in [4.69, 9.17) is 4.74 Å². The Bertz CT molecular complexity index is 1010. The molecule has 0 aliphatic heterocycles. The molecule has 0 fully saturated rings. The number of aromatic amines is 1. The van der Waals surface area contributed by atoms with E-state index in [1.165, 1.54) is 0 Å². The van der Waals surface area contributed by atoms with Gasteiger partial charge in [0, 0.05) is 36.6 Å². The smallest absolute Gasteiger partial charge is 0.227 e. The lowest BCUT2D eigenvalue weighted by molar-refractivity contribution is 0.398. The van der Waals surface area contributed by atoms with Gasteiger partial charge < -0.3 is 15.0 Å². The van der Waals surface area contributed by atoms with E-state index in [9.17, 15) is 0 Å². The summed E-state index contributed by atoms with van der Waals surface area (Å²) in [5, 5.41) is 3.16. The standard InChI is InChI=1S/C20H18N6O/c1-27-19-6-5-16(13-24-19)25-20-23-8-7-17(26-20)15-4-2-3-14(11-15)12-18-21-9-10-22-18/h2-11,13H,12H2,1H3,(H,21,22)(H,23,25,26). The molecule has 0 saturated heterocycles. The molecular formula is C20H18N6O. The van der Waals surface area contributed by atoms with Gasteiger partial charge in [0.2, 0.25) is 11.8 Å². The molecule has 27 heavy (non-hydrogen) atoms. The monoisotopic (exact) mass is 358 g/mol. The average molecular weight is 358 g/mol. The highest BCUT2D eigenvalue weighted by atomic mass is 16.5. The molecule has 0 aliphatic rings. The Morgan fingerprint density at radius 2 is 2.00 bits per heavy atom. The van der Waals surface area contributed by atoms with E-state index in [2.05, 4.69) is 42.4 Å². The normalized spacial score (nSPS) is 10.6. The third-order valence-corrected chi connectivity index (χ3v) is 4.01. The van der Waals surface area contributed by atoms with E-state index in [1.54, 1.807) is 31.8 Å². The highest BCUT2D eigenvalue weighted by Crippen LogP contribution is 2.21. The molecule has 0 radical (unpaired) electrons. The van der Waals surface area contributed by atoms with E-state index in [-0.39, 0.29) is 0 Å². The Morgan fingerprint density at radius 3 is 2.78 bits per heavy atom. The molecule has 0 unspecified atom stereocenters. The summed E-state index contributed by atoms with van der Waals surface area (Å²) in [5.74, 6) is 2.00. The highest BCUT2D eigenvalue weighted by molar-refractivity contribution is 5.62. The number of anilines is 2. The number of benzene rings is 1. The zero-order valence-electron chi connectivity index (χ0n) is 14.8. The van der Waals surface area contributed by atoms with Gasteiger partial charge in [0.1, 0.15) is 5.82 Å². The molecule has 7 nitrogen and oxygen atoms in total. The molecule has 2 N–H and O–H groups in total. The van der Waals surface area contributed by atoms with Crippen molar-refractivity contribution in [1.29, 1.82) is 0 Å². The number of hydrogen-bond donors (Lipinski definition) is 2. The summed E-state index contributed by atoms with van der Waals surface area (Å²) in [5.41, 5.74) is 3.82. The number of methoxy groups -OCH3 is 1. The van der Waals surface area contributed by atoms with Crippen molar-refractivity contribution in [3.05, 3.63) is 78.6 Å². The lowest BCUT2D eigenvalue weighted by atomic mass is 10.1. The second-order valence-corrected chi connectivity index (χ2v) is 5.89. The SMILES string of the molecule is COc1ccc(Nc2nccc(-c3cccc(Cc4ncc[nH]4)c3)n2)cn1. The maximum atomic E-state index is 5.07. The lowest BCUT2D eigenvalue weighted by Crippen LogP contribution is -1.99. The van der Waals surface area contributed by atoms with Gasteiger partial charge in [-0.2, -0.15) is 0 Å². The van der Waals surface area contributed by atoms with Crippen LogP contribution >= 0.6 is 0 Å². The summed E-state index contributed by atoms with van der Waals surface area (Å²) in [6, 6.07) is 13.8. The summed E-state index contributed by atoms with van der Waals surface area (Å²) < 4.78 is 5.07. The number of aromatic nitrogens is 5. The first-order valence-electron chi connectivity index (χ1n) is 8.48. The highest BCUT2D eigenvalue weighted by Gasteiger charge is 2.06. The molecule has 7 heteroatoms. The molecule has 4 aromatic rings. The van der Waals surface area contributed by atoms with Crippen molar-refractivity contribution in [2.24, 2.45) is 0 Å². The molecule has 0 aliphatic carbocycles. The van der Waals surface area contributed by atoms with E-state index in [0.717, 1.165) is 34.8 Å². The first-order chi connectivity index (χ1) is 13.3. The van der Waals surface area contributed by atoms with Crippen molar-refractivity contribution in [3.63, 3.8) is 0 Å². The van der Waals surface area contributed by atoms with Gasteiger partial charge in [0.15, 0.2) is 0 Å². The maximum Gasteiger partial charge on any atom is 0.227 e. The maximum absolute atomic E-state index is 5.07. The number of hydrogen-bond acceptors (Lipinski definition) is 6. The van der Waals surface area contributed by atoms with E-state index >= 15 is 0 Å². The van der Waals surface area contributed by atoms with Crippen molar-refractivity contribution in [1.82, 2.24) is 24.9 Å². The van der Waals surface area contributed by atoms with Gasteiger partial charge in [-0.1, -0.05) is 18.2 Å². The quantitative estimate of drug-likeness (QED) is 0.547. The van der Waals surface area contributed by atoms with Gasteiger partial charge in [-0.15, -0.1) is 0 Å². The van der Waals surface area contributed by atoms with Gasteiger partial charge in [0.25, 0.3) is 0 Å². The van der Waals surface area contributed by atoms with Gasteiger partial charge in [0.05, 0.1) is 24.7 Å². The molecule has 3 heterocycles. The zero-order valence-corrected chi connectivity index (χ0v) is 14.8. The minimum absolute atomic E-state index is 0.510. The second kappa shape index (κ2) is 7.65. The van der Waals surface area contributed by atoms with E-state index in [1.807, 2.05) is 30.5 Å². The number of H-pyrrole nitrogens is 1. The number of ether oxygens (including phenoxy) is 1. The first-order valence-corrected chi connectivity index (χ1v) is 8.48. The largest absolute Gasteiger partial charge is 0.481 e. The minimum Gasteiger partial charge on any atom is -0.481 e. The Balaban J connectivity index is 1.54. The van der Waals surface area contributed by atoms with Crippen LogP contribution in [0.4, 0.5) is 11.6 Å². The minimum atomic E-state index is 0.510. The fraction of sp³-hybridized carbons (Fsp3) is 0.100. The molecule has 3 aromatic heterocycles. The van der Waals surface area contributed by atoms with Gasteiger partial charge in [-0.25, -0.2) is 19.9 Å². The molecule has 134 valence electrons. The van der Waals surface area contributed by atoms with E-state index < -0.39 is 0 Å². The Kier molecular flexibility index (Phi) is 4.74. The first kappa shape index (κ1) is 16.7. The molecule has 0 saturated carbocycles. The van der Waals surface area contributed by atoms with Crippen LogP contribution in [0.2, 0.25) is 0 Å². The van der Waals surface area contributed by atoms with Crippen molar-refractivity contribution < 1.29 is 4.74 Å². The Morgan fingerprint density at radius 1 is 1.04 bits per heavy atom. The van der Waals surface area contributed by atoms with Crippen molar-refractivity contribution in [3.8, 4) is 17.1 Å². The van der Waals surface area contributed by atoms with Gasteiger partial charge in [-0.3, -0.25) is 0 Å². The van der Waals surface area contributed by atoms with Gasteiger partial charge >= 0.3 is 0 Å². The molecule has 0 spiro atoms. The van der Waals surface area contributed by atoms with Gasteiger partial charge in [-0.05, 0) is 23.8 Å². The van der Waals surface area contributed by atoms with Crippen LogP contribution in [-0.2, 0) is 6.42 Å². The van der Waals surface area contributed by atoms with Crippen LogP contribution in [0.5, 0.6) is 5.88 Å². The number of nitrogens with zero attached hydrogens (tertiary/aromatic N) is 4. The number of rotatable bonds is 6. The van der Waals surface area contributed by atoms with Crippen molar-refractivity contribution in [2.45, 2.75) is 6.42 Å². The third-order valence-electron chi connectivity index (χ3n) is 4.01. The third kappa shape index (κ3) is 4.09. The summed E-state index contributed by atoms with van der Waals surface area (Å²) in [6.45, 7) is 0. The fourth-order valence-corrected chi connectivity index (χ4v) is 2.71. The molecular weight excluding hydrogens is 340 g/mol. The second-order valence-electron chi connectivity index (χ2n) is 5.89. The van der Waals surface area contributed by atoms with E-state index in [0.29, 0.717) is 11.8 Å². The van der Waals surface area contributed by atoms with Crippen LogP contribution in [0.15, 0.2) is 67.3 Å². The van der Waals surface area contributed by atoms with Crippen LogP contribution < -0.4 is 10.1 Å². The van der Waals surface area contributed by atoms with Crippen LogP contribution in [0.1, 0.15) is 11.4 Å². The number of nitrogens with one attached hydrogen (secondary N) is 2. The molecule has 1 aromatic carbocycles. The summed E-state index contributed by atoms with van der Waals surface area (Å²) in [4.78, 5) is 20.5. The predicted octanol–water partition coefficient (Wildman–Crippen LogP) is 3.60. The van der Waals surface area contributed by atoms with Crippen LogP contribution in [0.3, 0.4) is 0 Å². The lowest BCUT2D eigenvalue weighted by Gasteiger charge is -2.08. The number of imidazole rings is 1. The molecule has 0 atom stereocenters. The predicted molar refractivity (Wildman–Crippen MR) is 103 cm³/mol. The topological polar surface area (TPSA) is 88.6 Å². The molecule has 4 rings (SSSR count). The Labute approximate surface area is 156 Å².